The molecule has 0 spiro atoms. The van der Waals surface area contributed by atoms with Crippen LogP contribution >= 0.6 is 0 Å². The number of hydrogen-bond acceptors (Lipinski definition) is 4. The number of hydrogen-bond donors (Lipinski definition) is 1. The average Bonchev–Trinajstić information content (AvgIpc) is 2.59. The lowest BCUT2D eigenvalue weighted by atomic mass is 10.2. The normalized spacial score (nSPS) is 10.6. The Hall–Kier alpha value is -2.53. The van der Waals surface area contributed by atoms with Crippen molar-refractivity contribution in [2.75, 3.05) is 33.9 Å². The van der Waals surface area contributed by atoms with Crippen molar-refractivity contribution in [3.63, 3.8) is 0 Å². The van der Waals surface area contributed by atoms with Crippen LogP contribution in [0, 0.1) is 6.92 Å². The molecule has 0 heterocycles. The molecule has 5 heteroatoms. The minimum atomic E-state index is -0.0155. The molecule has 134 valence electrons. The fraction of sp³-hybridized carbons (Fsp3) is 0.350. The third-order valence-corrected chi connectivity index (χ3v) is 3.68. The van der Waals surface area contributed by atoms with E-state index in [2.05, 4.69) is 5.32 Å². The Morgan fingerprint density at radius 1 is 1.12 bits per heavy atom. The Bertz CT molecular complexity index is 688. The Balaban J connectivity index is 1.67. The van der Waals surface area contributed by atoms with Crippen LogP contribution in [0.3, 0.4) is 0 Å². The number of amides is 1. The molecule has 2 aromatic carbocycles. The van der Waals surface area contributed by atoms with Gasteiger partial charge in [-0.05, 0) is 49.4 Å². The van der Waals surface area contributed by atoms with Crippen molar-refractivity contribution in [2.24, 2.45) is 0 Å². The molecule has 5 nitrogen and oxygen atoms in total. The van der Waals surface area contributed by atoms with Crippen molar-refractivity contribution in [2.45, 2.75) is 13.5 Å². The number of benzene rings is 2. The van der Waals surface area contributed by atoms with Crippen LogP contribution in [0.25, 0.3) is 0 Å². The van der Waals surface area contributed by atoms with Crippen LogP contribution < -0.4 is 14.8 Å². The van der Waals surface area contributed by atoms with Crippen molar-refractivity contribution < 1.29 is 14.3 Å². The van der Waals surface area contributed by atoms with E-state index in [1.54, 1.807) is 7.11 Å². The third-order valence-electron chi connectivity index (χ3n) is 3.68. The molecular weight excluding hydrogens is 316 g/mol. The quantitative estimate of drug-likeness (QED) is 0.712. The largest absolute Gasteiger partial charge is 0.497 e. The molecule has 0 aromatic heterocycles. The summed E-state index contributed by atoms with van der Waals surface area (Å²) in [5.41, 5.74) is 2.26. The van der Waals surface area contributed by atoms with Crippen LogP contribution in [-0.4, -0.2) is 44.7 Å². The van der Waals surface area contributed by atoms with Crippen LogP contribution in [-0.2, 0) is 11.3 Å². The maximum atomic E-state index is 12.0. The summed E-state index contributed by atoms with van der Waals surface area (Å²) in [4.78, 5) is 14.0. The molecule has 0 aliphatic carbocycles. The highest BCUT2D eigenvalue weighted by Crippen LogP contribution is 2.14. The highest BCUT2D eigenvalue weighted by Gasteiger charge is 2.07. The average molecular weight is 342 g/mol. The second kappa shape index (κ2) is 9.69. The first-order chi connectivity index (χ1) is 12.1. The molecule has 1 N–H and O–H groups in total. The number of ether oxygens (including phenoxy) is 2. The minimum absolute atomic E-state index is 0.0155. The zero-order valence-electron chi connectivity index (χ0n) is 15.1. The number of nitrogens with zero attached hydrogens (tertiary/aromatic N) is 1. The molecule has 0 atom stereocenters. The number of rotatable bonds is 9. The van der Waals surface area contributed by atoms with E-state index in [0.717, 1.165) is 22.6 Å². The highest BCUT2D eigenvalue weighted by atomic mass is 16.5. The summed E-state index contributed by atoms with van der Waals surface area (Å²) in [7, 11) is 3.57. The summed E-state index contributed by atoms with van der Waals surface area (Å²) in [5.74, 6) is 1.63. The fourth-order valence-electron chi connectivity index (χ4n) is 2.50. The zero-order chi connectivity index (χ0) is 18.1. The monoisotopic (exact) mass is 342 g/mol. The second-order valence-electron chi connectivity index (χ2n) is 6.04. The van der Waals surface area contributed by atoms with Crippen molar-refractivity contribution in [3.05, 3.63) is 59.7 Å². The van der Waals surface area contributed by atoms with Gasteiger partial charge in [-0.1, -0.05) is 24.3 Å². The molecule has 0 unspecified atom stereocenters. The summed E-state index contributed by atoms with van der Waals surface area (Å²) in [6.07, 6.45) is 0. The Morgan fingerprint density at radius 2 is 1.88 bits per heavy atom. The first kappa shape index (κ1) is 18.8. The predicted octanol–water partition coefficient (Wildman–Crippen LogP) is 2.63. The number of likely N-dealkylation sites (N-methyl/N-ethyl adjacent to an activating group) is 1. The molecule has 2 rings (SSSR count). The molecule has 1 amide bonds. The topological polar surface area (TPSA) is 50.8 Å². The number of methoxy groups -OCH3 is 1. The van der Waals surface area contributed by atoms with Gasteiger partial charge in [-0.15, -0.1) is 0 Å². The Labute approximate surface area is 149 Å². The molecule has 0 aliphatic rings. The molecule has 2 aromatic rings. The van der Waals surface area contributed by atoms with Gasteiger partial charge in [-0.2, -0.15) is 0 Å². The molecule has 25 heavy (non-hydrogen) atoms. The van der Waals surface area contributed by atoms with Gasteiger partial charge in [0.25, 0.3) is 0 Å². The van der Waals surface area contributed by atoms with E-state index in [9.17, 15) is 4.79 Å². The lowest BCUT2D eigenvalue weighted by Gasteiger charge is -2.17. The molecule has 0 fully saturated rings. The van der Waals surface area contributed by atoms with E-state index in [1.807, 2.05) is 67.4 Å². The van der Waals surface area contributed by atoms with E-state index in [-0.39, 0.29) is 5.91 Å². The lowest BCUT2D eigenvalue weighted by molar-refractivity contribution is -0.122. The predicted molar refractivity (Wildman–Crippen MR) is 99.0 cm³/mol. The third kappa shape index (κ3) is 6.85. The lowest BCUT2D eigenvalue weighted by Crippen LogP contribution is -2.36. The van der Waals surface area contributed by atoms with E-state index >= 15 is 0 Å². The van der Waals surface area contributed by atoms with Gasteiger partial charge in [-0.25, -0.2) is 0 Å². The summed E-state index contributed by atoms with van der Waals surface area (Å²) >= 11 is 0. The van der Waals surface area contributed by atoms with E-state index < -0.39 is 0 Å². The maximum absolute atomic E-state index is 12.0. The van der Waals surface area contributed by atoms with Crippen LogP contribution in [0.5, 0.6) is 11.5 Å². The van der Waals surface area contributed by atoms with Gasteiger partial charge in [0.15, 0.2) is 0 Å². The van der Waals surface area contributed by atoms with Gasteiger partial charge >= 0.3 is 0 Å². The van der Waals surface area contributed by atoms with Crippen molar-refractivity contribution in [1.29, 1.82) is 0 Å². The molecule has 0 saturated carbocycles. The molecular formula is C20H26N2O3. The second-order valence-corrected chi connectivity index (χ2v) is 6.04. The number of aryl methyl sites for hydroxylation is 1. The van der Waals surface area contributed by atoms with Crippen LogP contribution in [0.15, 0.2) is 48.5 Å². The molecule has 0 radical (unpaired) electrons. The summed E-state index contributed by atoms with van der Waals surface area (Å²) in [5, 5.41) is 2.88. The minimum Gasteiger partial charge on any atom is -0.497 e. The van der Waals surface area contributed by atoms with Crippen molar-refractivity contribution in [1.82, 2.24) is 10.2 Å². The van der Waals surface area contributed by atoms with Crippen molar-refractivity contribution in [3.8, 4) is 11.5 Å². The smallest absolute Gasteiger partial charge is 0.234 e. The van der Waals surface area contributed by atoms with E-state index in [0.29, 0.717) is 26.2 Å². The van der Waals surface area contributed by atoms with Crippen LogP contribution in [0.1, 0.15) is 11.1 Å². The van der Waals surface area contributed by atoms with Crippen LogP contribution in [0.2, 0.25) is 0 Å². The molecule has 0 aliphatic heterocycles. The first-order valence-electron chi connectivity index (χ1n) is 8.34. The fourth-order valence-corrected chi connectivity index (χ4v) is 2.50. The van der Waals surface area contributed by atoms with Gasteiger partial charge < -0.3 is 14.8 Å². The number of carbonyl (C=O) groups excluding carboxylic acids is 1. The Kier molecular flexibility index (Phi) is 7.29. The van der Waals surface area contributed by atoms with Gasteiger partial charge in [0.05, 0.1) is 20.2 Å². The highest BCUT2D eigenvalue weighted by molar-refractivity contribution is 5.77. The number of carbonyl (C=O) groups is 1. The summed E-state index contributed by atoms with van der Waals surface area (Å²) < 4.78 is 10.8. The number of nitrogens with one attached hydrogen (secondary N) is 1. The zero-order valence-corrected chi connectivity index (χ0v) is 15.1. The van der Waals surface area contributed by atoms with Crippen molar-refractivity contribution >= 4 is 5.91 Å². The SMILES string of the molecule is COc1cccc(CN(C)CC(=O)NCCOc2cccc(C)c2)c1. The summed E-state index contributed by atoms with van der Waals surface area (Å²) in [6.45, 7) is 3.98. The van der Waals surface area contributed by atoms with E-state index in [4.69, 9.17) is 9.47 Å². The van der Waals surface area contributed by atoms with Gasteiger partial charge in [0, 0.05) is 6.54 Å². The van der Waals surface area contributed by atoms with Crippen LogP contribution in [0.4, 0.5) is 0 Å². The van der Waals surface area contributed by atoms with E-state index in [1.165, 1.54) is 0 Å². The van der Waals surface area contributed by atoms with Gasteiger partial charge in [-0.3, -0.25) is 9.69 Å². The standard InChI is InChI=1S/C20H26N2O3/c1-16-6-4-9-19(12-16)25-11-10-21-20(23)15-22(2)14-17-7-5-8-18(13-17)24-3/h4-9,12-13H,10-11,14-15H2,1-3H3,(H,21,23). The van der Waals surface area contributed by atoms with Gasteiger partial charge in [0.2, 0.25) is 5.91 Å². The summed E-state index contributed by atoms with van der Waals surface area (Å²) in [6, 6.07) is 15.7. The first-order valence-corrected chi connectivity index (χ1v) is 8.34. The Morgan fingerprint density at radius 3 is 2.64 bits per heavy atom. The van der Waals surface area contributed by atoms with Gasteiger partial charge in [0.1, 0.15) is 18.1 Å². The molecule has 0 saturated heterocycles. The maximum Gasteiger partial charge on any atom is 0.234 e. The molecule has 0 bridgehead atoms.